The maximum atomic E-state index is 13.2. The second kappa shape index (κ2) is 10.7. The van der Waals surface area contributed by atoms with Crippen molar-refractivity contribution < 1.29 is 19.4 Å². The van der Waals surface area contributed by atoms with E-state index in [0.29, 0.717) is 25.3 Å². The number of aliphatic hydroxyl groups excluding tert-OH is 1. The van der Waals surface area contributed by atoms with Gasteiger partial charge in [-0.2, -0.15) is 0 Å². The molecule has 1 amide bonds. The molecule has 1 unspecified atom stereocenters. The average Bonchev–Trinajstić information content (AvgIpc) is 3.06. The molecule has 1 N–H and O–H groups in total. The van der Waals surface area contributed by atoms with Crippen LogP contribution >= 0.6 is 0 Å². The number of rotatable bonds is 9. The summed E-state index contributed by atoms with van der Waals surface area (Å²) in [5, 5.41) is 11.3. The lowest BCUT2D eigenvalue weighted by Crippen LogP contribution is -2.38. The molecule has 0 bridgehead atoms. The van der Waals surface area contributed by atoms with Crippen LogP contribution in [0.2, 0.25) is 0 Å². The molecule has 1 saturated heterocycles. The van der Waals surface area contributed by atoms with Crippen molar-refractivity contribution in [1.29, 1.82) is 0 Å². The largest absolute Gasteiger partial charge is 0.507 e. The van der Waals surface area contributed by atoms with Crippen molar-refractivity contribution >= 4 is 17.4 Å². The van der Waals surface area contributed by atoms with Gasteiger partial charge in [-0.25, -0.2) is 0 Å². The third-order valence-corrected chi connectivity index (χ3v) is 6.32. The van der Waals surface area contributed by atoms with Crippen molar-refractivity contribution in [1.82, 2.24) is 9.80 Å². The summed E-state index contributed by atoms with van der Waals surface area (Å²) in [6, 6.07) is 12.4. The van der Waals surface area contributed by atoms with Gasteiger partial charge in [0.2, 0.25) is 0 Å². The first-order chi connectivity index (χ1) is 15.8. The van der Waals surface area contributed by atoms with Crippen LogP contribution in [0.15, 0.2) is 48.0 Å². The third kappa shape index (κ3) is 4.96. The normalized spacial score (nSPS) is 17.8. The van der Waals surface area contributed by atoms with Gasteiger partial charge < -0.3 is 19.6 Å². The second-order valence-electron chi connectivity index (χ2n) is 8.29. The molecule has 0 aromatic heterocycles. The highest BCUT2D eigenvalue weighted by molar-refractivity contribution is 6.46. The summed E-state index contributed by atoms with van der Waals surface area (Å²) in [7, 11) is 0. The molecule has 0 saturated carbocycles. The number of Topliss-reactive ketones (excluding diaryl/α,β-unsaturated/α-hetero) is 1. The maximum Gasteiger partial charge on any atom is 0.295 e. The molecule has 33 heavy (non-hydrogen) atoms. The van der Waals surface area contributed by atoms with Crippen molar-refractivity contribution in [3.05, 3.63) is 70.3 Å². The fourth-order valence-corrected chi connectivity index (χ4v) is 4.39. The Morgan fingerprint density at radius 1 is 1.03 bits per heavy atom. The van der Waals surface area contributed by atoms with Crippen LogP contribution in [0.5, 0.6) is 5.75 Å². The highest BCUT2D eigenvalue weighted by Gasteiger charge is 2.46. The number of ether oxygens (including phenoxy) is 1. The summed E-state index contributed by atoms with van der Waals surface area (Å²) in [4.78, 5) is 30.2. The molecule has 0 radical (unpaired) electrons. The molecule has 0 spiro atoms. The number of hydrogen-bond donors (Lipinski definition) is 1. The predicted octanol–water partition coefficient (Wildman–Crippen LogP) is 4.47. The average molecular weight is 451 g/mol. The van der Waals surface area contributed by atoms with E-state index >= 15 is 0 Å². The summed E-state index contributed by atoms with van der Waals surface area (Å²) < 4.78 is 5.60. The van der Waals surface area contributed by atoms with Gasteiger partial charge in [0.25, 0.3) is 11.7 Å². The lowest BCUT2D eigenvalue weighted by molar-refractivity contribution is -0.140. The first kappa shape index (κ1) is 24.5. The number of hydrogen-bond acceptors (Lipinski definition) is 5. The lowest BCUT2D eigenvalue weighted by atomic mass is 9.92. The fraction of sp³-hybridized carbons (Fsp3) is 0.407. The number of benzene rings is 2. The van der Waals surface area contributed by atoms with Gasteiger partial charge in [-0.15, -0.1) is 0 Å². The number of likely N-dealkylation sites (tertiary alicyclic amines) is 1. The van der Waals surface area contributed by atoms with Crippen molar-refractivity contribution in [3.8, 4) is 5.75 Å². The van der Waals surface area contributed by atoms with Crippen LogP contribution in [0, 0.1) is 13.8 Å². The zero-order valence-electron chi connectivity index (χ0n) is 20.2. The Balaban J connectivity index is 2.11. The summed E-state index contributed by atoms with van der Waals surface area (Å²) in [6.45, 7) is 13.2. The molecule has 1 fully saturated rings. The van der Waals surface area contributed by atoms with E-state index in [2.05, 4.69) is 18.7 Å². The molecule has 1 aliphatic heterocycles. The highest BCUT2D eigenvalue weighted by atomic mass is 16.5. The molecular formula is C27H34N2O4. The van der Waals surface area contributed by atoms with Gasteiger partial charge in [-0.1, -0.05) is 38.1 Å². The Hall–Kier alpha value is -3.12. The van der Waals surface area contributed by atoms with E-state index in [0.717, 1.165) is 35.5 Å². The molecule has 2 aromatic rings. The zero-order valence-corrected chi connectivity index (χ0v) is 20.2. The van der Waals surface area contributed by atoms with Gasteiger partial charge in [-0.3, -0.25) is 9.59 Å². The fourth-order valence-electron chi connectivity index (χ4n) is 4.39. The van der Waals surface area contributed by atoms with Crippen LogP contribution in [-0.2, 0) is 9.59 Å². The minimum Gasteiger partial charge on any atom is -0.507 e. The van der Waals surface area contributed by atoms with Crippen LogP contribution in [0.3, 0.4) is 0 Å². The third-order valence-electron chi connectivity index (χ3n) is 6.32. The van der Waals surface area contributed by atoms with E-state index in [1.165, 1.54) is 0 Å². The van der Waals surface area contributed by atoms with Crippen LogP contribution in [0.1, 0.15) is 49.1 Å². The van der Waals surface area contributed by atoms with Gasteiger partial charge in [0.1, 0.15) is 11.5 Å². The van der Waals surface area contributed by atoms with Gasteiger partial charge in [0.05, 0.1) is 18.2 Å². The number of carbonyl (C=O) groups excluding carboxylic acids is 2. The summed E-state index contributed by atoms with van der Waals surface area (Å²) in [5.74, 6) is -0.645. The van der Waals surface area contributed by atoms with E-state index in [1.807, 2.05) is 45.0 Å². The second-order valence-corrected chi connectivity index (χ2v) is 8.29. The summed E-state index contributed by atoms with van der Waals surface area (Å²) in [6.07, 6.45) is 0. The number of carbonyl (C=O) groups is 2. The van der Waals surface area contributed by atoms with Gasteiger partial charge in [0, 0.05) is 18.7 Å². The van der Waals surface area contributed by atoms with Crippen molar-refractivity contribution in [2.75, 3.05) is 32.8 Å². The number of nitrogens with zero attached hydrogens (tertiary/aromatic N) is 2. The Bertz CT molecular complexity index is 1060. The molecule has 176 valence electrons. The minimum atomic E-state index is -0.646. The van der Waals surface area contributed by atoms with Gasteiger partial charge >= 0.3 is 0 Å². The van der Waals surface area contributed by atoms with E-state index < -0.39 is 17.7 Å². The van der Waals surface area contributed by atoms with Gasteiger partial charge in [-0.05, 0) is 68.8 Å². The highest BCUT2D eigenvalue weighted by Crippen LogP contribution is 2.40. The number of ketones is 1. The van der Waals surface area contributed by atoms with Crippen molar-refractivity contribution in [2.24, 2.45) is 0 Å². The molecule has 1 aliphatic rings. The Kier molecular flexibility index (Phi) is 7.92. The molecule has 1 atom stereocenters. The molecule has 2 aromatic carbocycles. The monoisotopic (exact) mass is 450 g/mol. The van der Waals surface area contributed by atoms with E-state index in [4.69, 9.17) is 4.74 Å². The maximum absolute atomic E-state index is 13.2. The quantitative estimate of drug-likeness (QED) is 0.347. The van der Waals surface area contributed by atoms with E-state index in [9.17, 15) is 14.7 Å². The summed E-state index contributed by atoms with van der Waals surface area (Å²) in [5.41, 5.74) is 3.30. The van der Waals surface area contributed by atoms with Crippen LogP contribution in [0.4, 0.5) is 0 Å². The predicted molar refractivity (Wildman–Crippen MR) is 130 cm³/mol. The summed E-state index contributed by atoms with van der Waals surface area (Å²) >= 11 is 0. The topological polar surface area (TPSA) is 70.1 Å². The minimum absolute atomic E-state index is 0.136. The van der Waals surface area contributed by atoms with E-state index in [-0.39, 0.29) is 11.3 Å². The smallest absolute Gasteiger partial charge is 0.295 e. The molecule has 1 heterocycles. The molecule has 3 rings (SSSR count). The molecular weight excluding hydrogens is 416 g/mol. The van der Waals surface area contributed by atoms with Crippen LogP contribution < -0.4 is 4.74 Å². The van der Waals surface area contributed by atoms with Crippen LogP contribution in [0.25, 0.3) is 5.76 Å². The Morgan fingerprint density at radius 2 is 1.73 bits per heavy atom. The number of amides is 1. The van der Waals surface area contributed by atoms with Gasteiger partial charge in [0.15, 0.2) is 0 Å². The van der Waals surface area contributed by atoms with Crippen molar-refractivity contribution in [2.45, 2.75) is 40.7 Å². The van der Waals surface area contributed by atoms with Crippen molar-refractivity contribution in [3.63, 3.8) is 0 Å². The first-order valence-corrected chi connectivity index (χ1v) is 11.6. The molecule has 6 nitrogen and oxygen atoms in total. The number of aryl methyl sites for hydroxylation is 2. The van der Waals surface area contributed by atoms with Crippen LogP contribution in [-0.4, -0.2) is 59.4 Å². The Labute approximate surface area is 196 Å². The standard InChI is InChI=1S/C27H34N2O4/c1-6-28(7-2)15-16-29-24(21-12-10-9-11-18(21)4)23(26(31)27(29)32)25(30)20-13-14-22(33-8-3)19(5)17-20/h9-14,17,24,30H,6-8,15-16H2,1-5H3/b25-23+. The zero-order chi connectivity index (χ0) is 24.1. The molecule has 0 aliphatic carbocycles. The number of likely N-dealkylation sites (N-methyl/N-ethyl adjacent to an activating group) is 1. The first-order valence-electron chi connectivity index (χ1n) is 11.6. The lowest BCUT2D eigenvalue weighted by Gasteiger charge is -2.29. The number of aliphatic hydroxyl groups is 1. The Morgan fingerprint density at radius 3 is 2.33 bits per heavy atom. The molecule has 6 heteroatoms. The SMILES string of the molecule is CCOc1ccc(/C(O)=C2\C(=O)C(=O)N(CCN(CC)CC)C2c2ccccc2C)cc1C. The van der Waals surface area contributed by atoms with E-state index in [1.54, 1.807) is 23.1 Å².